The van der Waals surface area contributed by atoms with Gasteiger partial charge in [0.1, 0.15) is 17.8 Å². The predicted octanol–water partition coefficient (Wildman–Crippen LogP) is 3.18. The minimum atomic E-state index is -1.11. The molecule has 2 fully saturated rings. The van der Waals surface area contributed by atoms with E-state index < -0.39 is 23.6 Å². The molecule has 0 radical (unpaired) electrons. The molecule has 1 aliphatic carbocycles. The van der Waals surface area contributed by atoms with Gasteiger partial charge < -0.3 is 4.90 Å². The van der Waals surface area contributed by atoms with Crippen LogP contribution in [0.4, 0.5) is 14.9 Å². The van der Waals surface area contributed by atoms with E-state index in [1.54, 1.807) is 6.92 Å². The smallest absolute Gasteiger partial charge is 0.312 e. The fraction of sp³-hybridized carbons (Fsp3) is 0.438. The van der Waals surface area contributed by atoms with Crippen LogP contribution in [0.1, 0.15) is 30.4 Å². The number of rotatable bonds is 1. The lowest BCUT2D eigenvalue weighted by atomic mass is 9.96. The summed E-state index contributed by atoms with van der Waals surface area (Å²) in [4.78, 5) is 27.9. The molecule has 0 N–H and O–H groups in total. The Bertz CT molecular complexity index is 760. The summed E-state index contributed by atoms with van der Waals surface area (Å²) < 4.78 is 13.7. The normalized spacial score (nSPS) is 27.2. The molecule has 0 unspecified atom stereocenters. The second-order valence-corrected chi connectivity index (χ2v) is 6.41. The summed E-state index contributed by atoms with van der Waals surface area (Å²) in [6, 6.07) is 4.47. The van der Waals surface area contributed by atoms with Crippen LogP contribution in [-0.2, 0) is 4.79 Å². The maximum Gasteiger partial charge on any atom is 0.332 e. The van der Waals surface area contributed by atoms with Crippen molar-refractivity contribution < 1.29 is 14.0 Å². The minimum absolute atomic E-state index is 0.0215. The summed E-state index contributed by atoms with van der Waals surface area (Å²) in [6.45, 7) is 1.65. The Kier molecular flexibility index (Phi) is 3.56. The molecule has 1 aliphatic heterocycles. The van der Waals surface area contributed by atoms with Gasteiger partial charge in [0.2, 0.25) is 0 Å². The van der Waals surface area contributed by atoms with Crippen molar-refractivity contribution in [2.75, 3.05) is 11.9 Å². The monoisotopic (exact) mass is 335 g/mol. The summed E-state index contributed by atoms with van der Waals surface area (Å²) in [5.41, 5.74) is -0.00832. The van der Waals surface area contributed by atoms with Crippen LogP contribution in [0.5, 0.6) is 0 Å². The second-order valence-electron chi connectivity index (χ2n) is 6.04. The molecule has 1 spiro atoms. The molecule has 3 amide bonds. The molecule has 1 saturated heterocycles. The highest BCUT2D eigenvalue weighted by atomic mass is 35.5. The lowest BCUT2D eigenvalue weighted by Gasteiger charge is -2.27. The van der Waals surface area contributed by atoms with Gasteiger partial charge >= 0.3 is 6.03 Å². The molecular formula is C16H15ClFN3O2. The number of carbonyl (C=O) groups excluding carboxylic acids is 2. The lowest BCUT2D eigenvalue weighted by molar-refractivity contribution is -0.124. The van der Waals surface area contributed by atoms with E-state index in [0.29, 0.717) is 17.7 Å². The van der Waals surface area contributed by atoms with Crippen LogP contribution in [0.3, 0.4) is 0 Å². The fourth-order valence-electron chi connectivity index (χ4n) is 3.45. The zero-order valence-corrected chi connectivity index (χ0v) is 13.5. The van der Waals surface area contributed by atoms with Crippen LogP contribution in [-0.4, -0.2) is 35.6 Å². The Labute approximate surface area is 138 Å². The number of alkyl halides is 1. The first-order valence-corrected chi connectivity index (χ1v) is 7.67. The number of amides is 3. The molecule has 7 heteroatoms. The average molecular weight is 336 g/mol. The molecule has 2 aliphatic rings. The maximum atomic E-state index is 13.7. The van der Waals surface area contributed by atoms with Crippen molar-refractivity contribution in [1.82, 2.24) is 4.90 Å². The third kappa shape index (κ3) is 2.03. The summed E-state index contributed by atoms with van der Waals surface area (Å²) in [5.74, 6) is -0.422. The van der Waals surface area contributed by atoms with Crippen LogP contribution in [0, 0.1) is 18.3 Å². The molecule has 5 nitrogen and oxygen atoms in total. The zero-order valence-electron chi connectivity index (χ0n) is 12.8. The number of hydrogen-bond donors (Lipinski definition) is 0. The van der Waals surface area contributed by atoms with Crippen molar-refractivity contribution in [3.8, 4) is 6.07 Å². The molecule has 2 atom stereocenters. The van der Waals surface area contributed by atoms with E-state index in [9.17, 15) is 14.0 Å². The number of nitrogens with zero attached hydrogens (tertiary/aromatic N) is 3. The van der Waals surface area contributed by atoms with Crippen LogP contribution in [0.2, 0.25) is 5.02 Å². The van der Waals surface area contributed by atoms with Crippen molar-refractivity contribution in [3.05, 3.63) is 28.3 Å². The molecule has 0 aromatic heterocycles. The largest absolute Gasteiger partial charge is 0.332 e. The van der Waals surface area contributed by atoms with E-state index in [2.05, 4.69) is 0 Å². The van der Waals surface area contributed by atoms with Crippen molar-refractivity contribution in [2.45, 2.75) is 37.9 Å². The van der Waals surface area contributed by atoms with Gasteiger partial charge in [0.05, 0.1) is 16.3 Å². The predicted molar refractivity (Wildman–Crippen MR) is 83.0 cm³/mol. The number of nitriles is 1. The van der Waals surface area contributed by atoms with Gasteiger partial charge in [0.25, 0.3) is 5.91 Å². The number of anilines is 1. The van der Waals surface area contributed by atoms with E-state index >= 15 is 0 Å². The van der Waals surface area contributed by atoms with Gasteiger partial charge in [0.15, 0.2) is 0 Å². The van der Waals surface area contributed by atoms with Gasteiger partial charge in [0, 0.05) is 13.5 Å². The molecule has 3 rings (SSSR count). The Morgan fingerprint density at radius 1 is 1.43 bits per heavy atom. The third-order valence-corrected chi connectivity index (χ3v) is 5.36. The Morgan fingerprint density at radius 3 is 2.70 bits per heavy atom. The Morgan fingerprint density at radius 2 is 2.13 bits per heavy atom. The van der Waals surface area contributed by atoms with Gasteiger partial charge in [-0.05, 0) is 37.5 Å². The highest BCUT2D eigenvalue weighted by Gasteiger charge is 2.59. The summed E-state index contributed by atoms with van der Waals surface area (Å²) in [6.07, 6.45) is -0.480. The summed E-state index contributed by atoms with van der Waals surface area (Å²) in [5, 5.41) is 9.22. The van der Waals surface area contributed by atoms with Gasteiger partial charge in [-0.2, -0.15) is 5.26 Å². The number of hydrogen-bond acceptors (Lipinski definition) is 3. The number of benzene rings is 1. The molecule has 1 heterocycles. The van der Waals surface area contributed by atoms with Crippen LogP contribution < -0.4 is 4.90 Å². The summed E-state index contributed by atoms with van der Waals surface area (Å²) >= 11 is 6.14. The molecule has 1 aromatic rings. The molecule has 1 saturated carbocycles. The van der Waals surface area contributed by atoms with E-state index in [1.165, 1.54) is 24.1 Å². The van der Waals surface area contributed by atoms with Crippen LogP contribution in [0.15, 0.2) is 12.1 Å². The van der Waals surface area contributed by atoms with Crippen molar-refractivity contribution in [1.29, 1.82) is 5.26 Å². The highest BCUT2D eigenvalue weighted by Crippen LogP contribution is 2.44. The van der Waals surface area contributed by atoms with Crippen LogP contribution >= 0.6 is 11.6 Å². The molecule has 0 bridgehead atoms. The number of carbonyl (C=O) groups is 2. The maximum absolute atomic E-state index is 13.7. The van der Waals surface area contributed by atoms with E-state index in [-0.39, 0.29) is 23.4 Å². The van der Waals surface area contributed by atoms with Crippen molar-refractivity contribution in [3.63, 3.8) is 0 Å². The Hall–Kier alpha value is -2.13. The molecule has 120 valence electrons. The molecular weight excluding hydrogens is 321 g/mol. The SMILES string of the molecule is Cc1c(N2C(=O)N(C)[C@]3(CC[C@@H](F)C3)C2=O)ccc(C#N)c1Cl. The quantitative estimate of drug-likeness (QED) is 0.740. The molecule has 1 aromatic carbocycles. The first-order chi connectivity index (χ1) is 10.8. The second kappa shape index (κ2) is 5.20. The molecule has 23 heavy (non-hydrogen) atoms. The number of urea groups is 1. The minimum Gasteiger partial charge on any atom is -0.312 e. The number of imide groups is 1. The van der Waals surface area contributed by atoms with E-state index in [1.807, 2.05) is 6.07 Å². The van der Waals surface area contributed by atoms with Gasteiger partial charge in [-0.25, -0.2) is 14.1 Å². The zero-order chi connectivity index (χ0) is 16.9. The van der Waals surface area contributed by atoms with E-state index in [4.69, 9.17) is 16.9 Å². The van der Waals surface area contributed by atoms with Crippen molar-refractivity contribution >= 4 is 29.2 Å². The van der Waals surface area contributed by atoms with Gasteiger partial charge in [-0.1, -0.05) is 11.6 Å². The van der Waals surface area contributed by atoms with E-state index in [0.717, 1.165) is 4.90 Å². The van der Waals surface area contributed by atoms with Crippen molar-refractivity contribution in [2.24, 2.45) is 0 Å². The standard InChI is InChI=1S/C16H15ClFN3O2/c1-9-12(4-3-10(8-19)13(9)17)21-14(22)16(20(2)15(21)23)6-5-11(18)7-16/h3-4,11H,5-7H2,1-2H3/t11-,16+/m1/s1. The van der Waals surface area contributed by atoms with Crippen LogP contribution in [0.25, 0.3) is 0 Å². The van der Waals surface area contributed by atoms with Gasteiger partial charge in [-0.3, -0.25) is 4.79 Å². The number of halogens is 2. The Balaban J connectivity index is 2.09. The third-order valence-electron chi connectivity index (χ3n) is 4.87. The first-order valence-electron chi connectivity index (χ1n) is 7.29. The first kappa shape index (κ1) is 15.8. The van der Waals surface area contributed by atoms with Gasteiger partial charge in [-0.15, -0.1) is 0 Å². The lowest BCUT2D eigenvalue weighted by Crippen LogP contribution is -2.45. The summed E-state index contributed by atoms with van der Waals surface area (Å²) in [7, 11) is 1.53. The average Bonchev–Trinajstić information content (AvgIpc) is 3.00. The topological polar surface area (TPSA) is 64.4 Å². The fourth-order valence-corrected chi connectivity index (χ4v) is 3.65. The highest BCUT2D eigenvalue weighted by molar-refractivity contribution is 6.33. The number of likely N-dealkylation sites (N-methyl/N-ethyl adjacent to an activating group) is 1.